The molecule has 0 atom stereocenters. The van der Waals surface area contributed by atoms with Gasteiger partial charge in [0.15, 0.2) is 9.84 Å². The Morgan fingerprint density at radius 3 is 2.00 bits per heavy atom. The minimum absolute atomic E-state index is 0.0830. The van der Waals surface area contributed by atoms with Crippen molar-refractivity contribution >= 4 is 31.5 Å². The van der Waals surface area contributed by atoms with Crippen molar-refractivity contribution in [3.63, 3.8) is 0 Å². The van der Waals surface area contributed by atoms with Gasteiger partial charge in [-0.15, -0.1) is 0 Å². The van der Waals surface area contributed by atoms with E-state index in [1.54, 1.807) is 13.8 Å². The molecule has 0 aliphatic carbocycles. The SMILES string of the molecule is CCN(CC)S(=O)(=O)c1cc(C(=O)N(C)c2ccc(S(C)(=O)=O)cc2)ccc1OC. The lowest BCUT2D eigenvalue weighted by Gasteiger charge is -2.22. The van der Waals surface area contributed by atoms with E-state index in [1.807, 2.05) is 0 Å². The summed E-state index contributed by atoms with van der Waals surface area (Å²) in [5.74, 6) is -0.292. The molecule has 0 heterocycles. The van der Waals surface area contributed by atoms with Crippen LogP contribution in [0.25, 0.3) is 0 Å². The Bertz CT molecular complexity index is 1120. The molecule has 0 spiro atoms. The molecule has 0 aliphatic heterocycles. The first-order chi connectivity index (χ1) is 14.0. The molecule has 2 aromatic rings. The van der Waals surface area contributed by atoms with E-state index in [4.69, 9.17) is 4.74 Å². The normalized spacial score (nSPS) is 12.1. The molecule has 0 fully saturated rings. The molecule has 0 radical (unpaired) electrons. The molecular weight excluding hydrogens is 428 g/mol. The molecule has 0 N–H and O–H groups in total. The molecule has 2 rings (SSSR count). The smallest absolute Gasteiger partial charge is 0.258 e. The predicted molar refractivity (Wildman–Crippen MR) is 115 cm³/mol. The van der Waals surface area contributed by atoms with Gasteiger partial charge in [0, 0.05) is 37.6 Å². The monoisotopic (exact) mass is 454 g/mol. The number of carbonyl (C=O) groups excluding carboxylic acids is 1. The van der Waals surface area contributed by atoms with Crippen LogP contribution in [0.15, 0.2) is 52.3 Å². The number of anilines is 1. The van der Waals surface area contributed by atoms with Gasteiger partial charge in [0.05, 0.1) is 12.0 Å². The summed E-state index contributed by atoms with van der Waals surface area (Å²) in [6, 6.07) is 10.1. The van der Waals surface area contributed by atoms with E-state index >= 15 is 0 Å². The van der Waals surface area contributed by atoms with Crippen molar-refractivity contribution in [3.8, 4) is 5.75 Å². The first kappa shape index (κ1) is 23.8. The zero-order valence-electron chi connectivity index (χ0n) is 17.6. The lowest BCUT2D eigenvalue weighted by Crippen LogP contribution is -2.31. The van der Waals surface area contributed by atoms with Crippen LogP contribution in [0.5, 0.6) is 5.75 Å². The summed E-state index contributed by atoms with van der Waals surface area (Å²) in [5, 5.41) is 0. The average molecular weight is 455 g/mol. The van der Waals surface area contributed by atoms with Gasteiger partial charge < -0.3 is 9.64 Å². The van der Waals surface area contributed by atoms with Gasteiger partial charge in [-0.05, 0) is 42.5 Å². The number of hydrogen-bond donors (Lipinski definition) is 0. The van der Waals surface area contributed by atoms with Crippen LogP contribution in [0.4, 0.5) is 5.69 Å². The highest BCUT2D eigenvalue weighted by atomic mass is 32.2. The summed E-state index contributed by atoms with van der Waals surface area (Å²) in [5.41, 5.74) is 0.632. The Kier molecular flexibility index (Phi) is 7.27. The van der Waals surface area contributed by atoms with Crippen LogP contribution in [-0.2, 0) is 19.9 Å². The lowest BCUT2D eigenvalue weighted by molar-refractivity contribution is 0.0992. The molecule has 1 amide bonds. The van der Waals surface area contributed by atoms with Crippen LogP contribution in [0.1, 0.15) is 24.2 Å². The van der Waals surface area contributed by atoms with E-state index in [2.05, 4.69) is 0 Å². The largest absolute Gasteiger partial charge is 0.495 e. The van der Waals surface area contributed by atoms with E-state index in [1.165, 1.54) is 65.8 Å². The van der Waals surface area contributed by atoms with Crippen molar-refractivity contribution in [3.05, 3.63) is 48.0 Å². The summed E-state index contributed by atoms with van der Waals surface area (Å²) in [6.07, 6.45) is 1.10. The van der Waals surface area contributed by atoms with Crippen LogP contribution in [0, 0.1) is 0 Å². The zero-order chi connectivity index (χ0) is 22.7. The van der Waals surface area contributed by atoms with Crippen LogP contribution in [0.3, 0.4) is 0 Å². The van der Waals surface area contributed by atoms with Crippen molar-refractivity contribution in [2.75, 3.05) is 38.4 Å². The van der Waals surface area contributed by atoms with Gasteiger partial charge in [0.25, 0.3) is 5.91 Å². The van der Waals surface area contributed by atoms with Crippen LogP contribution < -0.4 is 9.64 Å². The van der Waals surface area contributed by atoms with Crippen molar-refractivity contribution in [2.45, 2.75) is 23.6 Å². The van der Waals surface area contributed by atoms with Gasteiger partial charge in [-0.2, -0.15) is 4.31 Å². The van der Waals surface area contributed by atoms with Crippen molar-refractivity contribution in [2.24, 2.45) is 0 Å². The van der Waals surface area contributed by atoms with Gasteiger partial charge in [-0.25, -0.2) is 16.8 Å². The highest BCUT2D eigenvalue weighted by Crippen LogP contribution is 2.29. The van der Waals surface area contributed by atoms with E-state index < -0.39 is 25.8 Å². The molecule has 0 bridgehead atoms. The number of benzene rings is 2. The summed E-state index contributed by atoms with van der Waals surface area (Å²) in [7, 11) is -4.29. The van der Waals surface area contributed by atoms with E-state index in [9.17, 15) is 21.6 Å². The maximum absolute atomic E-state index is 13.0. The summed E-state index contributed by atoms with van der Waals surface area (Å²) < 4.78 is 55.7. The van der Waals surface area contributed by atoms with E-state index in [0.29, 0.717) is 5.69 Å². The number of methoxy groups -OCH3 is 1. The summed E-state index contributed by atoms with van der Waals surface area (Å²) in [6.45, 7) is 4.03. The first-order valence-electron chi connectivity index (χ1n) is 9.23. The van der Waals surface area contributed by atoms with E-state index in [0.717, 1.165) is 6.26 Å². The third kappa shape index (κ3) is 4.82. The maximum atomic E-state index is 13.0. The van der Waals surface area contributed by atoms with E-state index in [-0.39, 0.29) is 34.2 Å². The number of hydrogen-bond acceptors (Lipinski definition) is 6. The Morgan fingerprint density at radius 2 is 1.53 bits per heavy atom. The molecule has 0 saturated carbocycles. The third-order valence-corrected chi connectivity index (χ3v) is 7.89. The van der Waals surface area contributed by atoms with Crippen molar-refractivity contribution in [1.29, 1.82) is 0 Å². The maximum Gasteiger partial charge on any atom is 0.258 e. The quantitative estimate of drug-likeness (QED) is 0.607. The Labute approximate surface area is 178 Å². The summed E-state index contributed by atoms with van der Waals surface area (Å²) in [4.78, 5) is 14.4. The number of amides is 1. The number of sulfonamides is 1. The second kappa shape index (κ2) is 9.15. The number of carbonyl (C=O) groups is 1. The molecule has 2 aromatic carbocycles. The third-order valence-electron chi connectivity index (χ3n) is 4.69. The van der Waals surface area contributed by atoms with Crippen molar-refractivity contribution in [1.82, 2.24) is 4.31 Å². The number of ether oxygens (including phenoxy) is 1. The standard InChI is InChI=1S/C20H26N2O6S2/c1-6-22(7-2)30(26,27)19-14-15(8-13-18(19)28-4)20(23)21(3)16-9-11-17(12-10-16)29(5,24)25/h8-14H,6-7H2,1-5H3. The van der Waals surface area contributed by atoms with Crippen LogP contribution >= 0.6 is 0 Å². The number of nitrogens with zero attached hydrogens (tertiary/aromatic N) is 2. The Hall–Kier alpha value is -2.43. The van der Waals surface area contributed by atoms with Gasteiger partial charge >= 0.3 is 0 Å². The molecule has 0 saturated heterocycles. The average Bonchev–Trinajstić information content (AvgIpc) is 2.72. The summed E-state index contributed by atoms with van der Waals surface area (Å²) >= 11 is 0. The second-order valence-electron chi connectivity index (χ2n) is 6.59. The molecule has 0 unspecified atom stereocenters. The molecule has 0 aliphatic rings. The topological polar surface area (TPSA) is 101 Å². The molecular formula is C20H26N2O6S2. The first-order valence-corrected chi connectivity index (χ1v) is 12.6. The van der Waals surface area contributed by atoms with Gasteiger partial charge in [0.2, 0.25) is 10.0 Å². The lowest BCUT2D eigenvalue weighted by atomic mass is 10.2. The second-order valence-corrected chi connectivity index (χ2v) is 10.5. The van der Waals surface area contributed by atoms with Gasteiger partial charge in [0.1, 0.15) is 10.6 Å². The van der Waals surface area contributed by atoms with Crippen LogP contribution in [-0.4, -0.2) is 60.6 Å². The Morgan fingerprint density at radius 1 is 0.967 bits per heavy atom. The van der Waals surface area contributed by atoms with Crippen molar-refractivity contribution < 1.29 is 26.4 Å². The Balaban J connectivity index is 2.45. The van der Waals surface area contributed by atoms with Crippen LogP contribution in [0.2, 0.25) is 0 Å². The fourth-order valence-electron chi connectivity index (χ4n) is 2.94. The minimum Gasteiger partial charge on any atom is -0.495 e. The molecule has 8 nitrogen and oxygen atoms in total. The zero-order valence-corrected chi connectivity index (χ0v) is 19.2. The highest BCUT2D eigenvalue weighted by molar-refractivity contribution is 7.90. The fourth-order valence-corrected chi connectivity index (χ4v) is 5.21. The van der Waals surface area contributed by atoms with Gasteiger partial charge in [-0.1, -0.05) is 13.8 Å². The molecule has 30 heavy (non-hydrogen) atoms. The number of sulfone groups is 1. The molecule has 10 heteroatoms. The number of rotatable bonds is 8. The van der Waals surface area contributed by atoms with Gasteiger partial charge in [-0.3, -0.25) is 4.79 Å². The molecule has 164 valence electrons. The predicted octanol–water partition coefficient (Wildman–Crippen LogP) is 2.41. The highest BCUT2D eigenvalue weighted by Gasteiger charge is 2.27. The molecule has 0 aromatic heterocycles. The minimum atomic E-state index is -3.84. The fraction of sp³-hybridized carbons (Fsp3) is 0.350.